The van der Waals surface area contributed by atoms with Crippen LogP contribution in [0.5, 0.6) is 0 Å². The third-order valence-electron chi connectivity index (χ3n) is 4.57. The second kappa shape index (κ2) is 6.49. The molecule has 6 nitrogen and oxygen atoms in total. The molecule has 0 aliphatic carbocycles. The maximum Gasteiger partial charge on any atom is 0.261 e. The zero-order valence-electron chi connectivity index (χ0n) is 14.6. The second-order valence-electron chi connectivity index (χ2n) is 6.19. The highest BCUT2D eigenvalue weighted by molar-refractivity contribution is 7.16. The summed E-state index contributed by atoms with van der Waals surface area (Å²) in [4.78, 5) is 38.4. The van der Waals surface area contributed by atoms with Crippen molar-refractivity contribution in [3.05, 3.63) is 52.7 Å². The molecule has 26 heavy (non-hydrogen) atoms. The van der Waals surface area contributed by atoms with Crippen molar-refractivity contribution in [3.63, 3.8) is 0 Å². The van der Waals surface area contributed by atoms with Gasteiger partial charge in [0.05, 0.1) is 16.5 Å². The minimum absolute atomic E-state index is 0.225. The average Bonchev–Trinajstić information content (AvgIpc) is 3.23. The van der Waals surface area contributed by atoms with Gasteiger partial charge in [-0.1, -0.05) is 19.1 Å². The van der Waals surface area contributed by atoms with Gasteiger partial charge in [-0.15, -0.1) is 11.3 Å². The van der Waals surface area contributed by atoms with E-state index in [1.807, 2.05) is 30.3 Å². The smallest absolute Gasteiger partial charge is 0.261 e. The predicted octanol–water partition coefficient (Wildman–Crippen LogP) is 2.99. The van der Waals surface area contributed by atoms with Gasteiger partial charge in [-0.25, -0.2) is 9.97 Å². The van der Waals surface area contributed by atoms with Gasteiger partial charge in [-0.3, -0.25) is 14.5 Å². The van der Waals surface area contributed by atoms with Crippen LogP contribution in [0.3, 0.4) is 0 Å². The summed E-state index contributed by atoms with van der Waals surface area (Å²) in [7, 11) is 1.93. The summed E-state index contributed by atoms with van der Waals surface area (Å²) in [5.41, 5.74) is 0.964. The number of anilines is 1. The van der Waals surface area contributed by atoms with E-state index in [1.165, 1.54) is 4.90 Å². The number of thiophene rings is 1. The zero-order valence-corrected chi connectivity index (χ0v) is 15.4. The molecule has 0 N–H and O–H groups in total. The van der Waals surface area contributed by atoms with Crippen LogP contribution in [0, 0.1) is 0 Å². The van der Waals surface area contributed by atoms with Crippen molar-refractivity contribution in [1.82, 2.24) is 14.9 Å². The van der Waals surface area contributed by atoms with E-state index in [-0.39, 0.29) is 11.8 Å². The lowest BCUT2D eigenvalue weighted by molar-refractivity contribution is 0.0658. The SMILES string of the molecule is CCc1nc(N(C)CCN2C(=O)c3ccccc3C2=O)c2ccsc2n1. The first-order chi connectivity index (χ1) is 12.6. The van der Waals surface area contributed by atoms with Gasteiger partial charge in [-0.05, 0) is 23.6 Å². The summed E-state index contributed by atoms with van der Waals surface area (Å²) in [5, 5.41) is 3.00. The molecule has 7 heteroatoms. The van der Waals surface area contributed by atoms with Crippen LogP contribution in [-0.2, 0) is 6.42 Å². The number of fused-ring (bicyclic) bond motifs is 2. The summed E-state index contributed by atoms with van der Waals surface area (Å²) < 4.78 is 0. The molecule has 0 unspecified atom stereocenters. The van der Waals surface area contributed by atoms with E-state index in [1.54, 1.807) is 35.6 Å². The Labute approximate surface area is 155 Å². The molecule has 132 valence electrons. The van der Waals surface area contributed by atoms with Gasteiger partial charge in [0.1, 0.15) is 16.5 Å². The van der Waals surface area contributed by atoms with Gasteiger partial charge in [0.25, 0.3) is 11.8 Å². The third kappa shape index (κ3) is 2.64. The fourth-order valence-corrected chi connectivity index (χ4v) is 3.91. The van der Waals surface area contributed by atoms with Crippen molar-refractivity contribution in [2.75, 3.05) is 25.0 Å². The Bertz CT molecular complexity index is 979. The summed E-state index contributed by atoms with van der Waals surface area (Å²) in [6, 6.07) is 8.96. The van der Waals surface area contributed by atoms with Crippen LogP contribution in [0.4, 0.5) is 5.82 Å². The van der Waals surface area contributed by atoms with E-state index in [9.17, 15) is 9.59 Å². The number of aromatic nitrogens is 2. The molecule has 3 aromatic rings. The van der Waals surface area contributed by atoms with Crippen LogP contribution in [0.15, 0.2) is 35.7 Å². The average molecular weight is 366 g/mol. The number of amides is 2. The lowest BCUT2D eigenvalue weighted by Crippen LogP contribution is -2.37. The highest BCUT2D eigenvalue weighted by atomic mass is 32.1. The number of imide groups is 1. The van der Waals surface area contributed by atoms with Crippen LogP contribution in [-0.4, -0.2) is 46.8 Å². The zero-order chi connectivity index (χ0) is 18.3. The molecule has 3 heterocycles. The number of hydrogen-bond donors (Lipinski definition) is 0. The number of nitrogens with zero attached hydrogens (tertiary/aromatic N) is 4. The molecule has 0 bridgehead atoms. The number of carbonyl (C=O) groups excluding carboxylic acids is 2. The Balaban J connectivity index is 1.55. The summed E-state index contributed by atoms with van der Waals surface area (Å²) in [6.45, 7) is 2.86. The molecule has 1 aromatic carbocycles. The lowest BCUT2D eigenvalue weighted by Gasteiger charge is -2.22. The molecule has 0 radical (unpaired) electrons. The van der Waals surface area contributed by atoms with Crippen molar-refractivity contribution in [2.24, 2.45) is 0 Å². The molecule has 2 amide bonds. The van der Waals surface area contributed by atoms with Crippen LogP contribution < -0.4 is 4.90 Å². The standard InChI is InChI=1S/C19H18N4O2S/c1-3-15-20-16(14-8-11-26-17(14)21-15)22(2)9-10-23-18(24)12-6-4-5-7-13(12)19(23)25/h4-8,11H,3,9-10H2,1-2H3. The highest BCUT2D eigenvalue weighted by Crippen LogP contribution is 2.28. The Kier molecular flexibility index (Phi) is 4.16. The molecule has 2 aromatic heterocycles. The lowest BCUT2D eigenvalue weighted by atomic mass is 10.1. The van der Waals surface area contributed by atoms with Crippen molar-refractivity contribution in [3.8, 4) is 0 Å². The Morgan fingerprint density at radius 2 is 1.77 bits per heavy atom. The molecular weight excluding hydrogens is 348 g/mol. The number of likely N-dealkylation sites (N-methyl/N-ethyl adjacent to an activating group) is 1. The molecule has 0 spiro atoms. The van der Waals surface area contributed by atoms with E-state index in [0.717, 1.165) is 28.3 Å². The minimum atomic E-state index is -0.225. The minimum Gasteiger partial charge on any atom is -0.357 e. The molecule has 0 saturated heterocycles. The maximum absolute atomic E-state index is 12.5. The first kappa shape index (κ1) is 16.7. The van der Waals surface area contributed by atoms with E-state index in [2.05, 4.69) is 9.97 Å². The van der Waals surface area contributed by atoms with Crippen LogP contribution >= 0.6 is 11.3 Å². The molecule has 0 fully saturated rings. The van der Waals surface area contributed by atoms with Crippen molar-refractivity contribution < 1.29 is 9.59 Å². The summed E-state index contributed by atoms with van der Waals surface area (Å²) in [5.74, 6) is 1.18. The van der Waals surface area contributed by atoms with E-state index >= 15 is 0 Å². The van der Waals surface area contributed by atoms with E-state index in [0.29, 0.717) is 24.2 Å². The van der Waals surface area contributed by atoms with Gasteiger partial charge in [0, 0.05) is 26.6 Å². The Morgan fingerprint density at radius 3 is 2.42 bits per heavy atom. The van der Waals surface area contributed by atoms with Crippen LogP contribution in [0.1, 0.15) is 33.5 Å². The normalized spacial score (nSPS) is 13.5. The highest BCUT2D eigenvalue weighted by Gasteiger charge is 2.34. The number of carbonyl (C=O) groups is 2. The topological polar surface area (TPSA) is 66.4 Å². The van der Waals surface area contributed by atoms with Crippen molar-refractivity contribution in [1.29, 1.82) is 0 Å². The maximum atomic E-state index is 12.5. The van der Waals surface area contributed by atoms with Crippen LogP contribution in [0.25, 0.3) is 10.2 Å². The molecule has 0 saturated carbocycles. The molecule has 0 atom stereocenters. The third-order valence-corrected chi connectivity index (χ3v) is 5.37. The van der Waals surface area contributed by atoms with E-state index in [4.69, 9.17) is 0 Å². The first-order valence-electron chi connectivity index (χ1n) is 8.50. The largest absolute Gasteiger partial charge is 0.357 e. The van der Waals surface area contributed by atoms with Crippen LogP contribution in [0.2, 0.25) is 0 Å². The summed E-state index contributed by atoms with van der Waals surface area (Å²) >= 11 is 1.59. The van der Waals surface area contributed by atoms with E-state index < -0.39 is 0 Å². The van der Waals surface area contributed by atoms with Crippen molar-refractivity contribution in [2.45, 2.75) is 13.3 Å². The first-order valence-corrected chi connectivity index (χ1v) is 9.38. The Hall–Kier alpha value is -2.80. The number of benzene rings is 1. The fourth-order valence-electron chi connectivity index (χ4n) is 3.13. The molecule has 1 aliphatic rings. The van der Waals surface area contributed by atoms with Gasteiger partial charge in [0.15, 0.2) is 0 Å². The van der Waals surface area contributed by atoms with Gasteiger partial charge in [0.2, 0.25) is 0 Å². The fraction of sp³-hybridized carbons (Fsp3) is 0.263. The Morgan fingerprint density at radius 1 is 1.08 bits per heavy atom. The quantitative estimate of drug-likeness (QED) is 0.650. The molecule has 4 rings (SSSR count). The van der Waals surface area contributed by atoms with Gasteiger partial charge < -0.3 is 4.90 Å². The van der Waals surface area contributed by atoms with Crippen molar-refractivity contribution >= 4 is 39.2 Å². The predicted molar refractivity (Wildman–Crippen MR) is 102 cm³/mol. The molecular formula is C19H18N4O2S. The second-order valence-corrected chi connectivity index (χ2v) is 7.08. The number of rotatable bonds is 5. The monoisotopic (exact) mass is 366 g/mol. The number of aryl methyl sites for hydroxylation is 1. The summed E-state index contributed by atoms with van der Waals surface area (Å²) in [6.07, 6.45) is 0.757. The van der Waals surface area contributed by atoms with Gasteiger partial charge in [-0.2, -0.15) is 0 Å². The number of hydrogen-bond acceptors (Lipinski definition) is 6. The molecule has 1 aliphatic heterocycles. The van der Waals surface area contributed by atoms with Gasteiger partial charge >= 0.3 is 0 Å².